The molecule has 0 saturated carbocycles. The number of esters is 2. The van der Waals surface area contributed by atoms with E-state index in [9.17, 15) is 9.59 Å². The Morgan fingerprint density at radius 1 is 1.10 bits per heavy atom. The second-order valence-electron chi connectivity index (χ2n) is 3.60. The molecule has 0 bridgehead atoms. The fourth-order valence-electron chi connectivity index (χ4n) is 0.203. The van der Waals surface area contributed by atoms with Crippen LogP contribution in [0.5, 0.6) is 0 Å². The molecule has 0 spiro atoms. The molecule has 1 unspecified atom stereocenters. The molecule has 2 N–H and O–H groups in total. The quantitative estimate of drug-likeness (QED) is 0.773. The second kappa shape index (κ2) is 26.4. The highest BCUT2D eigenvalue weighted by Gasteiger charge is 1.82. The van der Waals surface area contributed by atoms with Crippen LogP contribution in [0.3, 0.4) is 0 Å². The Kier molecular flexibility index (Phi) is 36.0. The number of hydrogen-bond donors (Lipinski definition) is 2. The van der Waals surface area contributed by atoms with Gasteiger partial charge in [-0.1, -0.05) is 13.8 Å². The summed E-state index contributed by atoms with van der Waals surface area (Å²) in [5, 5.41) is 16.2. The molecule has 0 radical (unpaired) electrons. The van der Waals surface area contributed by atoms with Gasteiger partial charge in [0.1, 0.15) is 0 Å². The fraction of sp³-hybridized carbons (Fsp3) is 0.857. The van der Waals surface area contributed by atoms with Gasteiger partial charge in [0.15, 0.2) is 0 Å². The van der Waals surface area contributed by atoms with Crippen molar-refractivity contribution in [2.24, 2.45) is 0 Å². The maximum Gasteiger partial charge on any atom is 0.302 e. The molecule has 0 saturated heterocycles. The first-order chi connectivity index (χ1) is 9.22. The van der Waals surface area contributed by atoms with Gasteiger partial charge in [0.25, 0.3) is 0 Å². The zero-order valence-electron chi connectivity index (χ0n) is 13.9. The Morgan fingerprint density at radius 3 is 1.40 bits per heavy atom. The van der Waals surface area contributed by atoms with Crippen molar-refractivity contribution in [3.05, 3.63) is 0 Å². The Bertz CT molecular complexity index is 190. The Balaban J connectivity index is -0.0000000862. The average molecular weight is 296 g/mol. The van der Waals surface area contributed by atoms with Gasteiger partial charge in [-0.05, 0) is 26.7 Å². The minimum absolute atomic E-state index is 0.116. The third-order valence-corrected chi connectivity index (χ3v) is 1.45. The predicted octanol–water partition coefficient (Wildman–Crippen LogP) is 1.91. The summed E-state index contributed by atoms with van der Waals surface area (Å²) >= 11 is 0. The first-order valence-electron chi connectivity index (χ1n) is 6.69. The van der Waals surface area contributed by atoms with Crippen LogP contribution >= 0.6 is 0 Å². The van der Waals surface area contributed by atoms with Crippen LogP contribution in [0.1, 0.15) is 54.4 Å². The van der Waals surface area contributed by atoms with Gasteiger partial charge in [-0.3, -0.25) is 9.59 Å². The Labute approximate surface area is 123 Å². The molecular weight excluding hydrogens is 264 g/mol. The van der Waals surface area contributed by atoms with Crippen molar-refractivity contribution in [3.63, 3.8) is 0 Å². The maximum absolute atomic E-state index is 9.82. The highest BCUT2D eigenvalue weighted by molar-refractivity contribution is 5.65. The standard InChI is InChI=1S/C4H8O2.C4H10O.C3H6O2.C3H8O/c1-3-6-4(2)5;1-3-4(2)5;1-3(4)5-2;1-2-3-4/h3H2,1-2H3;4-5H,3H2,1-2H3;1-2H3;4H,2-3H2,1H3. The molecule has 124 valence electrons. The van der Waals surface area contributed by atoms with Crippen molar-refractivity contribution in [2.45, 2.75) is 60.5 Å². The van der Waals surface area contributed by atoms with Crippen molar-refractivity contribution in [1.29, 1.82) is 0 Å². The normalized spacial score (nSPS) is 9.25. The second-order valence-corrected chi connectivity index (χ2v) is 3.60. The Morgan fingerprint density at radius 2 is 1.40 bits per heavy atom. The number of rotatable bonds is 3. The summed E-state index contributed by atoms with van der Waals surface area (Å²) in [6.45, 7) is 11.0. The van der Waals surface area contributed by atoms with Crippen LogP contribution in [0.15, 0.2) is 0 Å². The molecule has 1 atom stereocenters. The van der Waals surface area contributed by atoms with E-state index in [2.05, 4.69) is 9.47 Å². The van der Waals surface area contributed by atoms with Gasteiger partial charge < -0.3 is 19.7 Å². The van der Waals surface area contributed by atoms with Crippen LogP contribution < -0.4 is 0 Å². The van der Waals surface area contributed by atoms with Crippen molar-refractivity contribution < 1.29 is 29.3 Å². The molecule has 0 aliphatic carbocycles. The minimum Gasteiger partial charge on any atom is -0.469 e. The zero-order chi connectivity index (χ0) is 17.0. The molecule has 0 rings (SSSR count). The van der Waals surface area contributed by atoms with Gasteiger partial charge in [0, 0.05) is 20.5 Å². The maximum atomic E-state index is 9.82. The van der Waals surface area contributed by atoms with Gasteiger partial charge in [-0.25, -0.2) is 0 Å². The van der Waals surface area contributed by atoms with E-state index < -0.39 is 0 Å². The van der Waals surface area contributed by atoms with E-state index >= 15 is 0 Å². The molecule has 0 amide bonds. The number of aliphatic hydroxyl groups excluding tert-OH is 2. The topological polar surface area (TPSA) is 93.1 Å². The van der Waals surface area contributed by atoms with Crippen LogP contribution in [0.25, 0.3) is 0 Å². The monoisotopic (exact) mass is 296 g/mol. The highest BCUT2D eigenvalue weighted by Crippen LogP contribution is 1.81. The first kappa shape index (κ1) is 27.2. The van der Waals surface area contributed by atoms with Gasteiger partial charge in [0.2, 0.25) is 0 Å². The predicted molar refractivity (Wildman–Crippen MR) is 79.3 cm³/mol. The minimum atomic E-state index is -0.245. The molecule has 6 heteroatoms. The van der Waals surface area contributed by atoms with Crippen LogP contribution in [-0.4, -0.2) is 48.6 Å². The number of carbonyl (C=O) groups is 2. The molecule has 20 heavy (non-hydrogen) atoms. The molecule has 0 aliphatic heterocycles. The summed E-state index contributed by atoms with van der Waals surface area (Å²) in [5.41, 5.74) is 0. The lowest BCUT2D eigenvalue weighted by atomic mass is 10.3. The number of hydrogen-bond acceptors (Lipinski definition) is 6. The van der Waals surface area contributed by atoms with Crippen LogP contribution in [0.2, 0.25) is 0 Å². The lowest BCUT2D eigenvalue weighted by molar-refractivity contribution is -0.140. The van der Waals surface area contributed by atoms with Crippen molar-refractivity contribution in [1.82, 2.24) is 0 Å². The first-order valence-corrected chi connectivity index (χ1v) is 6.69. The molecule has 0 aromatic heterocycles. The van der Waals surface area contributed by atoms with Crippen LogP contribution in [0.4, 0.5) is 0 Å². The molecule has 0 aromatic carbocycles. The van der Waals surface area contributed by atoms with Crippen LogP contribution in [0, 0.1) is 0 Å². The van der Waals surface area contributed by atoms with E-state index in [0.717, 1.165) is 12.8 Å². The number of aliphatic hydroxyl groups is 2. The summed E-state index contributed by atoms with van der Waals surface area (Å²) in [4.78, 5) is 19.4. The van der Waals surface area contributed by atoms with E-state index in [1.165, 1.54) is 21.0 Å². The summed E-state index contributed by atoms with van der Waals surface area (Å²) in [6.07, 6.45) is 1.62. The summed E-state index contributed by atoms with van der Waals surface area (Å²) in [7, 11) is 1.35. The third kappa shape index (κ3) is 90.1. The largest absolute Gasteiger partial charge is 0.469 e. The van der Waals surface area contributed by atoms with Crippen molar-refractivity contribution in [2.75, 3.05) is 20.3 Å². The highest BCUT2D eigenvalue weighted by atomic mass is 16.5. The number of ether oxygens (including phenoxy) is 2. The van der Waals surface area contributed by atoms with E-state index in [-0.39, 0.29) is 18.0 Å². The van der Waals surface area contributed by atoms with E-state index in [1.54, 1.807) is 13.8 Å². The zero-order valence-corrected chi connectivity index (χ0v) is 13.9. The summed E-state index contributed by atoms with van der Waals surface area (Å²) in [6, 6.07) is 0. The molecule has 0 fully saturated rings. The molecule has 0 heterocycles. The average Bonchev–Trinajstić information content (AvgIpc) is 2.40. The van der Waals surface area contributed by atoms with Gasteiger partial charge in [-0.2, -0.15) is 0 Å². The molecular formula is C14H32O6. The molecule has 6 nitrogen and oxygen atoms in total. The van der Waals surface area contributed by atoms with Crippen molar-refractivity contribution in [3.8, 4) is 0 Å². The lowest BCUT2D eigenvalue weighted by Crippen LogP contribution is -1.95. The number of carbonyl (C=O) groups excluding carboxylic acids is 2. The Hall–Kier alpha value is -1.14. The van der Waals surface area contributed by atoms with Crippen molar-refractivity contribution >= 4 is 11.9 Å². The van der Waals surface area contributed by atoms with E-state index in [4.69, 9.17) is 10.2 Å². The van der Waals surface area contributed by atoms with Gasteiger partial charge in [0.05, 0.1) is 19.8 Å². The SMILES string of the molecule is CCC(C)O.CCCO.CCOC(C)=O.COC(C)=O. The van der Waals surface area contributed by atoms with E-state index in [1.807, 2.05) is 13.8 Å². The summed E-state index contributed by atoms with van der Waals surface area (Å²) < 4.78 is 8.51. The van der Waals surface area contributed by atoms with Gasteiger partial charge >= 0.3 is 11.9 Å². The third-order valence-electron chi connectivity index (χ3n) is 1.45. The summed E-state index contributed by atoms with van der Waals surface area (Å²) in [5.74, 6) is -0.456. The van der Waals surface area contributed by atoms with Crippen LogP contribution in [-0.2, 0) is 19.1 Å². The smallest absolute Gasteiger partial charge is 0.302 e. The van der Waals surface area contributed by atoms with Gasteiger partial charge in [-0.15, -0.1) is 0 Å². The molecule has 0 aliphatic rings. The van der Waals surface area contributed by atoms with E-state index in [0.29, 0.717) is 13.2 Å². The lowest BCUT2D eigenvalue weighted by Gasteiger charge is -1.90. The molecule has 0 aromatic rings. The number of methoxy groups -OCH3 is 1. The fourth-order valence-corrected chi connectivity index (χ4v) is 0.203.